The van der Waals surface area contributed by atoms with Crippen LogP contribution in [-0.4, -0.2) is 99.6 Å². The van der Waals surface area contributed by atoms with Gasteiger partial charge in [0, 0.05) is 6.42 Å². The molecule has 1 heterocycles. The smallest absolute Gasteiger partial charge is 0.306 e. The molecule has 11 nitrogen and oxygen atoms in total. The van der Waals surface area contributed by atoms with Crippen LogP contribution < -0.4 is 5.32 Å². The Labute approximate surface area is 560 Å². The van der Waals surface area contributed by atoms with Crippen molar-refractivity contribution in [3.05, 3.63) is 72.9 Å². The number of hydrogen-bond donors (Lipinski definition) is 6. The molecule has 1 aliphatic rings. The third kappa shape index (κ3) is 54.0. The van der Waals surface area contributed by atoms with Gasteiger partial charge in [0.1, 0.15) is 24.4 Å². The maximum absolute atomic E-state index is 13.5. The lowest BCUT2D eigenvalue weighted by Crippen LogP contribution is -2.61. The van der Waals surface area contributed by atoms with E-state index in [0.29, 0.717) is 19.3 Å². The second kappa shape index (κ2) is 67.1. The zero-order valence-electron chi connectivity index (χ0n) is 59.2. The first-order valence-corrected chi connectivity index (χ1v) is 38.7. The monoisotopic (exact) mass is 1280 g/mol. The first-order valence-electron chi connectivity index (χ1n) is 38.7. The number of allylic oxidation sites excluding steroid dienone is 11. The number of carbonyl (C=O) groups excluding carboxylic acids is 2. The van der Waals surface area contributed by atoms with Crippen molar-refractivity contribution in [2.24, 2.45) is 0 Å². The quantitative estimate of drug-likeness (QED) is 0.0195. The molecule has 0 aromatic rings. The molecule has 11 heteroatoms. The number of rotatable bonds is 67. The summed E-state index contributed by atoms with van der Waals surface area (Å²) in [4.78, 5) is 26.8. The van der Waals surface area contributed by atoms with Crippen LogP contribution in [-0.2, 0) is 23.8 Å². The summed E-state index contributed by atoms with van der Waals surface area (Å²) < 4.78 is 17.8. The fourth-order valence-electron chi connectivity index (χ4n) is 12.1. The Kier molecular flexibility index (Phi) is 63.5. The minimum Gasteiger partial charge on any atom is -0.454 e. The zero-order valence-corrected chi connectivity index (χ0v) is 59.2. The Balaban J connectivity index is 2.53. The molecule has 6 N–H and O–H groups in total. The molecule has 0 aromatic heterocycles. The molecule has 1 rings (SSSR count). The molecule has 1 aliphatic heterocycles. The number of esters is 1. The van der Waals surface area contributed by atoms with E-state index in [-0.39, 0.29) is 13.0 Å². The molecule has 0 saturated carbocycles. The predicted octanol–water partition coefficient (Wildman–Crippen LogP) is 20.6. The van der Waals surface area contributed by atoms with Crippen molar-refractivity contribution in [1.82, 2.24) is 5.32 Å². The van der Waals surface area contributed by atoms with Crippen LogP contribution in [0.2, 0.25) is 0 Å². The van der Waals surface area contributed by atoms with Crippen LogP contribution in [0.15, 0.2) is 72.9 Å². The van der Waals surface area contributed by atoms with Crippen LogP contribution in [0.25, 0.3) is 0 Å². The second-order valence-corrected chi connectivity index (χ2v) is 26.7. The molecule has 0 aromatic carbocycles. The highest BCUT2D eigenvalue weighted by molar-refractivity contribution is 5.80. The lowest BCUT2D eigenvalue weighted by Gasteiger charge is -2.41. The third-order valence-electron chi connectivity index (χ3n) is 18.1. The van der Waals surface area contributed by atoms with E-state index in [2.05, 4.69) is 86.8 Å². The molecular weight excluding hydrogens is 1130 g/mol. The highest BCUT2D eigenvalue weighted by Crippen LogP contribution is 2.27. The maximum Gasteiger partial charge on any atom is 0.306 e. The fraction of sp³-hybridized carbons (Fsp3) is 0.825. The Bertz CT molecular complexity index is 1760. The number of hydrogen-bond acceptors (Lipinski definition) is 10. The van der Waals surface area contributed by atoms with E-state index in [9.17, 15) is 35.1 Å². The second-order valence-electron chi connectivity index (χ2n) is 26.7. The summed E-state index contributed by atoms with van der Waals surface area (Å²) >= 11 is 0. The molecule has 8 unspecified atom stereocenters. The number of aliphatic hydroxyl groups is 5. The maximum atomic E-state index is 13.5. The third-order valence-corrected chi connectivity index (χ3v) is 18.1. The number of ether oxygens (including phenoxy) is 3. The van der Waals surface area contributed by atoms with Crippen LogP contribution in [0.3, 0.4) is 0 Å². The average molecular weight is 1280 g/mol. The van der Waals surface area contributed by atoms with Gasteiger partial charge in [0.15, 0.2) is 12.4 Å². The van der Waals surface area contributed by atoms with Crippen LogP contribution >= 0.6 is 0 Å². The molecule has 8 atom stereocenters. The van der Waals surface area contributed by atoms with Crippen molar-refractivity contribution in [2.75, 3.05) is 13.2 Å². The summed E-state index contributed by atoms with van der Waals surface area (Å²) in [5.74, 6) is -1.18. The van der Waals surface area contributed by atoms with Crippen molar-refractivity contribution in [3.8, 4) is 0 Å². The van der Waals surface area contributed by atoms with Gasteiger partial charge in [-0.05, 0) is 70.6 Å². The van der Waals surface area contributed by atoms with Gasteiger partial charge in [0.25, 0.3) is 0 Å². The van der Waals surface area contributed by atoms with E-state index in [1.807, 2.05) is 6.08 Å². The van der Waals surface area contributed by atoms with Crippen LogP contribution in [0.5, 0.6) is 0 Å². The van der Waals surface area contributed by atoms with Gasteiger partial charge in [0.2, 0.25) is 5.91 Å². The highest BCUT2D eigenvalue weighted by Gasteiger charge is 2.47. The van der Waals surface area contributed by atoms with Crippen molar-refractivity contribution in [2.45, 2.75) is 410 Å². The standard InChI is InChI=1S/C80H145NO10/c1-4-7-10-13-16-19-22-25-27-29-31-33-35-36-37-38-39-41-43-45-47-50-53-56-59-62-65-68-75(85)91-78-77(87)76(86)74(69-82)90-80(78)89-70-71(72(83)66-63-60-57-54-51-48-24-21-18-15-12-9-6-3)81-79(88)73(84)67-64-61-58-55-52-49-46-44-42-40-34-32-30-28-26-23-20-17-14-11-8-5-2/h7,10,16,19,25,27,31,33,36-37,63,66,71-74,76-78,80,82-84,86-87H,4-6,8-9,11-15,17-18,20-24,26,28-30,32,34-35,38-62,64-65,67-70H2,1-3H3,(H,81,88)/b10-7-,19-16-,27-25-,33-31-,37-36-,66-63+. The van der Waals surface area contributed by atoms with Gasteiger partial charge in [-0.25, -0.2) is 0 Å². The van der Waals surface area contributed by atoms with Crippen molar-refractivity contribution in [3.63, 3.8) is 0 Å². The SMILES string of the molecule is CC/C=C\C/C=C\C/C=C\C/C=C\C/C=C\CCCCCCCCCCCCCC(=O)OC1C(OCC(NC(=O)C(O)CCCCCCCCCCCCCCCCCCCCCCCC)C(O)/C=C/CCCCCCCCCCCCC)OC(CO)C(O)C1O. The van der Waals surface area contributed by atoms with Gasteiger partial charge >= 0.3 is 5.97 Å². The Morgan fingerprint density at radius 3 is 1.19 bits per heavy atom. The van der Waals surface area contributed by atoms with Gasteiger partial charge < -0.3 is 45.1 Å². The molecule has 0 radical (unpaired) electrons. The van der Waals surface area contributed by atoms with Gasteiger partial charge in [-0.1, -0.05) is 357 Å². The van der Waals surface area contributed by atoms with Gasteiger partial charge in [-0.15, -0.1) is 0 Å². The molecule has 0 spiro atoms. The number of unbranched alkanes of at least 4 members (excludes halogenated alkanes) is 43. The zero-order chi connectivity index (χ0) is 66.0. The Morgan fingerprint density at radius 1 is 0.440 bits per heavy atom. The van der Waals surface area contributed by atoms with Crippen LogP contribution in [0.4, 0.5) is 0 Å². The largest absolute Gasteiger partial charge is 0.454 e. The van der Waals surface area contributed by atoms with Gasteiger partial charge in [-0.3, -0.25) is 9.59 Å². The number of amides is 1. The molecule has 1 amide bonds. The van der Waals surface area contributed by atoms with Gasteiger partial charge in [-0.2, -0.15) is 0 Å². The first-order chi connectivity index (χ1) is 44.7. The van der Waals surface area contributed by atoms with E-state index in [4.69, 9.17) is 14.2 Å². The summed E-state index contributed by atoms with van der Waals surface area (Å²) in [6.45, 7) is 5.74. The Morgan fingerprint density at radius 2 is 0.791 bits per heavy atom. The minimum absolute atomic E-state index is 0.119. The number of carbonyl (C=O) groups is 2. The summed E-state index contributed by atoms with van der Waals surface area (Å²) in [5.41, 5.74) is 0. The minimum atomic E-state index is -1.62. The lowest BCUT2D eigenvalue weighted by atomic mass is 9.99. The summed E-state index contributed by atoms with van der Waals surface area (Å²) in [6, 6.07) is -1.03. The number of aliphatic hydroxyl groups excluding tert-OH is 5. The summed E-state index contributed by atoms with van der Waals surface area (Å²) in [7, 11) is 0. The van der Waals surface area contributed by atoms with E-state index < -0.39 is 67.4 Å². The van der Waals surface area contributed by atoms with E-state index in [0.717, 1.165) is 96.3 Å². The van der Waals surface area contributed by atoms with Crippen molar-refractivity contribution >= 4 is 11.9 Å². The Hall–Kier alpha value is -2.90. The van der Waals surface area contributed by atoms with Crippen molar-refractivity contribution in [1.29, 1.82) is 0 Å². The molecule has 1 fully saturated rings. The van der Waals surface area contributed by atoms with E-state index >= 15 is 0 Å². The molecule has 0 aliphatic carbocycles. The van der Waals surface area contributed by atoms with E-state index in [1.165, 1.54) is 218 Å². The van der Waals surface area contributed by atoms with Gasteiger partial charge in [0.05, 0.1) is 25.4 Å². The molecular formula is C80H145NO10. The highest BCUT2D eigenvalue weighted by atomic mass is 16.7. The average Bonchev–Trinajstić information content (AvgIpc) is 1.11. The predicted molar refractivity (Wildman–Crippen MR) is 384 cm³/mol. The van der Waals surface area contributed by atoms with Crippen molar-refractivity contribution < 1.29 is 49.3 Å². The summed E-state index contributed by atoms with van der Waals surface area (Å²) in [5, 5.41) is 57.4. The molecule has 0 bridgehead atoms. The summed E-state index contributed by atoms with van der Waals surface area (Å²) in [6.07, 6.45) is 78.0. The van der Waals surface area contributed by atoms with E-state index in [1.54, 1.807) is 6.08 Å². The van der Waals surface area contributed by atoms with Crippen LogP contribution in [0.1, 0.15) is 361 Å². The molecule has 91 heavy (non-hydrogen) atoms. The molecule has 1 saturated heterocycles. The number of nitrogens with one attached hydrogen (secondary N) is 1. The lowest BCUT2D eigenvalue weighted by molar-refractivity contribution is -0.305. The topological polar surface area (TPSA) is 175 Å². The van der Waals surface area contributed by atoms with Crippen LogP contribution in [0, 0.1) is 0 Å². The fourth-order valence-corrected chi connectivity index (χ4v) is 12.1. The molecule has 530 valence electrons. The first kappa shape index (κ1) is 86.1. The normalized spacial score (nSPS) is 18.4.